The van der Waals surface area contributed by atoms with E-state index in [-0.39, 0.29) is 24.0 Å². The van der Waals surface area contributed by atoms with E-state index in [1.807, 2.05) is 24.3 Å². The van der Waals surface area contributed by atoms with Crippen LogP contribution < -0.4 is 20.3 Å². The molecule has 32 heavy (non-hydrogen) atoms. The van der Waals surface area contributed by atoms with Gasteiger partial charge in [-0.2, -0.15) is 0 Å². The third-order valence-corrected chi connectivity index (χ3v) is 6.94. The summed E-state index contributed by atoms with van der Waals surface area (Å²) in [7, 11) is 3.46. The summed E-state index contributed by atoms with van der Waals surface area (Å²) in [5, 5.41) is 18.4. The molecule has 0 amide bonds. The monoisotopic (exact) mass is 566 g/mol. The molecule has 1 saturated heterocycles. The molecular formula is C24H31IN4O2S. The van der Waals surface area contributed by atoms with Crippen molar-refractivity contribution in [3.8, 4) is 5.75 Å². The predicted octanol–water partition coefficient (Wildman–Crippen LogP) is 4.25. The van der Waals surface area contributed by atoms with Crippen molar-refractivity contribution in [2.24, 2.45) is 10.9 Å². The number of anilines is 1. The number of nitrogens with one attached hydrogen (secondary N) is 2. The Hall–Kier alpha value is -2.04. The number of ether oxygens (including phenoxy) is 1. The zero-order valence-corrected chi connectivity index (χ0v) is 21.6. The van der Waals surface area contributed by atoms with Crippen LogP contribution in [-0.2, 0) is 0 Å². The topological polar surface area (TPSA) is 69.1 Å². The maximum Gasteiger partial charge on any atom is 0.191 e. The summed E-state index contributed by atoms with van der Waals surface area (Å²) in [5.41, 5.74) is 1.20. The van der Waals surface area contributed by atoms with Crippen LogP contribution in [0.5, 0.6) is 5.75 Å². The Morgan fingerprint density at radius 2 is 2.06 bits per heavy atom. The van der Waals surface area contributed by atoms with Gasteiger partial charge in [-0.05, 0) is 42.0 Å². The number of aliphatic imine (C=N–C) groups is 1. The van der Waals surface area contributed by atoms with Gasteiger partial charge in [-0.1, -0.05) is 24.3 Å². The second kappa shape index (κ2) is 11.7. The van der Waals surface area contributed by atoms with E-state index in [2.05, 4.69) is 50.9 Å². The molecule has 3 N–H and O–H groups in total. The smallest absolute Gasteiger partial charge is 0.191 e. The van der Waals surface area contributed by atoms with Crippen LogP contribution in [-0.4, -0.2) is 51.4 Å². The average Bonchev–Trinajstić information content (AvgIpc) is 3.46. The zero-order valence-electron chi connectivity index (χ0n) is 18.5. The number of guanidine groups is 1. The van der Waals surface area contributed by atoms with Crippen molar-refractivity contribution in [2.75, 3.05) is 45.2 Å². The number of nitrogens with zero attached hydrogens (tertiary/aromatic N) is 2. The third-order valence-electron chi connectivity index (χ3n) is 5.72. The minimum absolute atomic E-state index is 0. The van der Waals surface area contributed by atoms with Crippen molar-refractivity contribution in [2.45, 2.75) is 12.5 Å². The molecule has 2 aromatic carbocycles. The highest BCUT2D eigenvalue weighted by atomic mass is 127. The normalized spacial score (nSPS) is 17.2. The number of methoxy groups -OCH3 is 1. The second-order valence-corrected chi connectivity index (χ2v) is 8.95. The van der Waals surface area contributed by atoms with E-state index >= 15 is 0 Å². The quantitative estimate of drug-likeness (QED) is 0.227. The van der Waals surface area contributed by atoms with Crippen LogP contribution in [0.3, 0.4) is 0 Å². The first-order valence-corrected chi connectivity index (χ1v) is 11.5. The molecule has 0 spiro atoms. The largest absolute Gasteiger partial charge is 0.497 e. The summed E-state index contributed by atoms with van der Waals surface area (Å²) in [6.07, 6.45) is 0.567. The van der Waals surface area contributed by atoms with Gasteiger partial charge in [-0.25, -0.2) is 0 Å². The summed E-state index contributed by atoms with van der Waals surface area (Å²) in [6, 6.07) is 18.5. The Morgan fingerprint density at radius 3 is 2.84 bits per heavy atom. The van der Waals surface area contributed by atoms with Crippen LogP contribution in [0.1, 0.15) is 17.4 Å². The molecule has 6 nitrogen and oxygen atoms in total. The Balaban J connectivity index is 0.00000289. The van der Waals surface area contributed by atoms with E-state index in [1.165, 1.54) is 15.8 Å². The predicted molar refractivity (Wildman–Crippen MR) is 145 cm³/mol. The van der Waals surface area contributed by atoms with E-state index in [0.717, 1.165) is 42.6 Å². The first kappa shape index (κ1) is 24.6. The third kappa shape index (κ3) is 6.05. The molecule has 1 aliphatic rings. The minimum atomic E-state index is -0.564. The molecule has 2 unspecified atom stereocenters. The lowest BCUT2D eigenvalue weighted by atomic mass is 10.1. The van der Waals surface area contributed by atoms with Gasteiger partial charge in [-0.15, -0.1) is 35.3 Å². The zero-order chi connectivity index (χ0) is 21.6. The Kier molecular flexibility index (Phi) is 9.01. The van der Waals surface area contributed by atoms with Crippen molar-refractivity contribution in [3.63, 3.8) is 0 Å². The fraction of sp³-hybridized carbons (Fsp3) is 0.375. The summed E-state index contributed by atoms with van der Waals surface area (Å²) >= 11 is 1.63. The van der Waals surface area contributed by atoms with Gasteiger partial charge in [0.05, 0.1) is 7.11 Å². The lowest BCUT2D eigenvalue weighted by molar-refractivity contribution is 0.184. The number of thiophene rings is 1. The van der Waals surface area contributed by atoms with Gasteiger partial charge in [0.25, 0.3) is 0 Å². The Morgan fingerprint density at radius 1 is 1.22 bits per heavy atom. The Labute approximate surface area is 210 Å². The second-order valence-electron chi connectivity index (χ2n) is 7.84. The van der Waals surface area contributed by atoms with Gasteiger partial charge >= 0.3 is 0 Å². The minimum Gasteiger partial charge on any atom is -0.497 e. The van der Waals surface area contributed by atoms with Crippen molar-refractivity contribution in [3.05, 3.63) is 59.5 Å². The van der Waals surface area contributed by atoms with Gasteiger partial charge in [0.2, 0.25) is 0 Å². The molecule has 1 aromatic heterocycles. The molecule has 2 atom stereocenters. The first-order valence-electron chi connectivity index (χ1n) is 10.7. The van der Waals surface area contributed by atoms with E-state index in [0.29, 0.717) is 12.5 Å². The highest BCUT2D eigenvalue weighted by molar-refractivity contribution is 14.0. The summed E-state index contributed by atoms with van der Waals surface area (Å²) in [4.78, 5) is 7.68. The van der Waals surface area contributed by atoms with Gasteiger partial charge in [-0.3, -0.25) is 4.99 Å². The summed E-state index contributed by atoms with van der Waals surface area (Å²) in [5.74, 6) is 2.15. The fourth-order valence-electron chi connectivity index (χ4n) is 3.96. The van der Waals surface area contributed by atoms with Crippen LogP contribution in [0.25, 0.3) is 10.1 Å². The standard InChI is InChI=1S/C24H30N4O2S.HI/c1-25-24(27-15-21(29)23-12-18-6-3-4-9-22(18)31-23)26-14-17-10-11-28(16-17)19-7-5-8-20(13-19)30-2;/h3-9,12-13,17,21,29H,10-11,14-16H2,1-2H3,(H2,25,26,27);1H. The molecule has 3 aromatic rings. The van der Waals surface area contributed by atoms with E-state index in [4.69, 9.17) is 4.74 Å². The average molecular weight is 567 g/mol. The SMILES string of the molecule is CN=C(NCC1CCN(c2cccc(OC)c2)C1)NCC(O)c1cc2ccccc2s1.I. The highest BCUT2D eigenvalue weighted by Crippen LogP contribution is 2.29. The molecule has 0 radical (unpaired) electrons. The number of hydrogen-bond donors (Lipinski definition) is 3. The van der Waals surface area contributed by atoms with Crippen molar-refractivity contribution in [1.29, 1.82) is 0 Å². The lowest BCUT2D eigenvalue weighted by Gasteiger charge is -2.20. The number of aliphatic hydroxyl groups is 1. The van der Waals surface area contributed by atoms with Crippen LogP contribution in [0, 0.1) is 5.92 Å². The van der Waals surface area contributed by atoms with Crippen molar-refractivity contribution >= 4 is 57.0 Å². The maximum atomic E-state index is 10.6. The lowest BCUT2D eigenvalue weighted by Crippen LogP contribution is -2.41. The highest BCUT2D eigenvalue weighted by Gasteiger charge is 2.23. The number of benzene rings is 2. The molecule has 0 saturated carbocycles. The number of rotatable bonds is 7. The van der Waals surface area contributed by atoms with Crippen LogP contribution in [0.4, 0.5) is 5.69 Å². The first-order chi connectivity index (χ1) is 15.2. The molecular weight excluding hydrogens is 535 g/mol. The van der Waals surface area contributed by atoms with Crippen LogP contribution in [0.2, 0.25) is 0 Å². The summed E-state index contributed by atoms with van der Waals surface area (Å²) < 4.78 is 6.54. The van der Waals surface area contributed by atoms with Crippen molar-refractivity contribution < 1.29 is 9.84 Å². The molecule has 8 heteroatoms. The molecule has 1 aliphatic heterocycles. The van der Waals surface area contributed by atoms with Gasteiger partial charge in [0.15, 0.2) is 5.96 Å². The van der Waals surface area contributed by atoms with Gasteiger partial charge in [0, 0.05) is 54.6 Å². The molecule has 2 heterocycles. The Bertz CT molecular complexity index is 1010. The van der Waals surface area contributed by atoms with Crippen LogP contribution >= 0.6 is 35.3 Å². The molecule has 1 fully saturated rings. The number of halogens is 1. The van der Waals surface area contributed by atoms with Gasteiger partial charge < -0.3 is 25.4 Å². The fourth-order valence-corrected chi connectivity index (χ4v) is 5.01. The molecule has 0 bridgehead atoms. The number of hydrogen-bond acceptors (Lipinski definition) is 5. The van der Waals surface area contributed by atoms with E-state index < -0.39 is 6.10 Å². The summed E-state index contributed by atoms with van der Waals surface area (Å²) in [6.45, 7) is 3.31. The number of aliphatic hydroxyl groups excluding tert-OH is 1. The maximum absolute atomic E-state index is 10.6. The number of fused-ring (bicyclic) bond motifs is 1. The molecule has 0 aliphatic carbocycles. The van der Waals surface area contributed by atoms with Crippen LogP contribution in [0.15, 0.2) is 59.6 Å². The van der Waals surface area contributed by atoms with E-state index in [9.17, 15) is 5.11 Å². The molecule has 172 valence electrons. The van der Waals surface area contributed by atoms with Crippen molar-refractivity contribution in [1.82, 2.24) is 10.6 Å². The van der Waals surface area contributed by atoms with E-state index in [1.54, 1.807) is 25.5 Å². The van der Waals surface area contributed by atoms with Gasteiger partial charge in [0.1, 0.15) is 11.9 Å². The molecule has 4 rings (SSSR count).